The summed E-state index contributed by atoms with van der Waals surface area (Å²) >= 11 is 1.36. The van der Waals surface area contributed by atoms with Crippen LogP contribution < -0.4 is 15.7 Å². The number of hydrogen-bond acceptors (Lipinski definition) is 7. The second kappa shape index (κ2) is 7.71. The van der Waals surface area contributed by atoms with Crippen LogP contribution >= 0.6 is 11.3 Å². The molecule has 0 saturated heterocycles. The summed E-state index contributed by atoms with van der Waals surface area (Å²) in [7, 11) is 2.84. The van der Waals surface area contributed by atoms with E-state index in [2.05, 4.69) is 5.32 Å². The van der Waals surface area contributed by atoms with Crippen molar-refractivity contribution in [2.24, 2.45) is 0 Å². The molecule has 1 aliphatic carbocycles. The lowest BCUT2D eigenvalue weighted by molar-refractivity contribution is 0.0601. The van der Waals surface area contributed by atoms with Gasteiger partial charge in [-0.05, 0) is 55.5 Å². The normalized spacial score (nSPS) is 13.0. The number of fused-ring (bicyclic) bond motifs is 2. The molecule has 0 spiro atoms. The van der Waals surface area contributed by atoms with Gasteiger partial charge in [-0.3, -0.25) is 4.79 Å². The van der Waals surface area contributed by atoms with Gasteiger partial charge in [-0.1, -0.05) is 0 Å². The topological polar surface area (TPSA) is 94.8 Å². The Morgan fingerprint density at radius 2 is 1.93 bits per heavy atom. The number of carbonyl (C=O) groups is 2. The van der Waals surface area contributed by atoms with E-state index in [1.807, 2.05) is 0 Å². The number of benzene rings is 1. The largest absolute Gasteiger partial charge is 0.497 e. The van der Waals surface area contributed by atoms with E-state index in [0.29, 0.717) is 27.3 Å². The monoisotopic (exact) mass is 413 g/mol. The van der Waals surface area contributed by atoms with E-state index >= 15 is 0 Å². The number of methoxy groups -OCH3 is 2. The first kappa shape index (κ1) is 19.2. The minimum absolute atomic E-state index is 0.145. The fourth-order valence-electron chi connectivity index (χ4n) is 3.53. The number of anilines is 1. The summed E-state index contributed by atoms with van der Waals surface area (Å²) in [5.74, 6) is -0.543. The lowest BCUT2D eigenvalue weighted by Gasteiger charge is -2.11. The summed E-state index contributed by atoms with van der Waals surface area (Å²) in [5.41, 5.74) is 0.773. The average molecular weight is 413 g/mol. The van der Waals surface area contributed by atoms with Gasteiger partial charge in [0, 0.05) is 10.3 Å². The summed E-state index contributed by atoms with van der Waals surface area (Å²) in [6, 6.07) is 6.42. The molecule has 4 rings (SSSR count). The smallest absolute Gasteiger partial charge is 0.349 e. The van der Waals surface area contributed by atoms with Gasteiger partial charge in [0.2, 0.25) is 0 Å². The predicted octanol–water partition coefficient (Wildman–Crippen LogP) is 3.78. The molecular weight excluding hydrogens is 394 g/mol. The highest BCUT2D eigenvalue weighted by Crippen LogP contribution is 2.38. The molecule has 29 heavy (non-hydrogen) atoms. The van der Waals surface area contributed by atoms with Crippen molar-refractivity contribution in [3.8, 4) is 5.75 Å². The Hall–Kier alpha value is -3.13. The number of nitrogens with one attached hydrogen (secondary N) is 1. The second-order valence-electron chi connectivity index (χ2n) is 6.71. The Balaban J connectivity index is 1.73. The number of aryl methyl sites for hydroxylation is 1. The number of esters is 1. The van der Waals surface area contributed by atoms with Crippen molar-refractivity contribution in [2.45, 2.75) is 25.7 Å². The zero-order valence-electron chi connectivity index (χ0n) is 16.0. The highest BCUT2D eigenvalue weighted by Gasteiger charge is 2.27. The third-order valence-electron chi connectivity index (χ3n) is 4.97. The van der Waals surface area contributed by atoms with Crippen LogP contribution in [0.25, 0.3) is 11.0 Å². The molecule has 1 aliphatic rings. The summed E-state index contributed by atoms with van der Waals surface area (Å²) in [4.78, 5) is 38.6. The fourth-order valence-corrected chi connectivity index (χ4v) is 4.80. The Kier molecular flexibility index (Phi) is 5.10. The van der Waals surface area contributed by atoms with Crippen molar-refractivity contribution in [3.63, 3.8) is 0 Å². The van der Waals surface area contributed by atoms with Crippen LogP contribution in [0.5, 0.6) is 5.75 Å². The summed E-state index contributed by atoms with van der Waals surface area (Å²) < 4.78 is 15.4. The van der Waals surface area contributed by atoms with Gasteiger partial charge in [0.05, 0.1) is 19.8 Å². The molecule has 0 atom stereocenters. The lowest BCUT2D eigenvalue weighted by atomic mass is 9.95. The van der Waals surface area contributed by atoms with Crippen LogP contribution in [0.4, 0.5) is 5.00 Å². The molecule has 0 aliphatic heterocycles. The number of carbonyl (C=O) groups excluding carboxylic acids is 2. The van der Waals surface area contributed by atoms with Crippen molar-refractivity contribution in [3.05, 3.63) is 56.3 Å². The van der Waals surface area contributed by atoms with Crippen LogP contribution in [0.1, 0.15) is 44.0 Å². The summed E-state index contributed by atoms with van der Waals surface area (Å²) in [6.45, 7) is 0. The quantitative estimate of drug-likeness (QED) is 0.517. The van der Waals surface area contributed by atoms with Gasteiger partial charge < -0.3 is 19.2 Å². The van der Waals surface area contributed by atoms with E-state index in [1.54, 1.807) is 18.2 Å². The lowest BCUT2D eigenvalue weighted by Crippen LogP contribution is -2.21. The zero-order chi connectivity index (χ0) is 20.5. The number of rotatable bonds is 4. The molecule has 2 heterocycles. The maximum absolute atomic E-state index is 12.9. The molecular formula is C21H19NO6S. The Labute approximate surface area is 170 Å². The molecule has 2 aromatic heterocycles. The molecule has 1 amide bonds. The molecule has 1 N–H and O–H groups in total. The van der Waals surface area contributed by atoms with Crippen LogP contribution in [-0.4, -0.2) is 26.1 Å². The van der Waals surface area contributed by atoms with E-state index in [0.717, 1.165) is 36.1 Å². The fraction of sp³-hybridized carbons (Fsp3) is 0.286. The molecule has 0 radical (unpaired) electrons. The van der Waals surface area contributed by atoms with E-state index in [4.69, 9.17) is 13.9 Å². The summed E-state index contributed by atoms with van der Waals surface area (Å²) in [5, 5.41) is 3.69. The minimum Gasteiger partial charge on any atom is -0.497 e. The van der Waals surface area contributed by atoms with Crippen LogP contribution in [0.2, 0.25) is 0 Å². The molecule has 1 aromatic carbocycles. The molecule has 3 aromatic rings. The van der Waals surface area contributed by atoms with Crippen molar-refractivity contribution in [1.29, 1.82) is 0 Å². The number of hydrogen-bond donors (Lipinski definition) is 1. The van der Waals surface area contributed by atoms with Crippen molar-refractivity contribution in [2.75, 3.05) is 19.5 Å². The molecule has 0 bridgehead atoms. The third kappa shape index (κ3) is 3.51. The average Bonchev–Trinajstić information content (AvgIpc) is 3.10. The van der Waals surface area contributed by atoms with E-state index in [1.165, 1.54) is 31.6 Å². The van der Waals surface area contributed by atoms with Gasteiger partial charge in [0.1, 0.15) is 21.9 Å². The Morgan fingerprint density at radius 3 is 2.69 bits per heavy atom. The molecule has 8 heteroatoms. The number of thiophene rings is 1. The SMILES string of the molecule is COC(=O)c1c(NC(=O)c2cc3cc(OC)ccc3oc2=O)sc2c1CCCC2. The van der Waals surface area contributed by atoms with Gasteiger partial charge in [0.25, 0.3) is 5.91 Å². The number of ether oxygens (including phenoxy) is 2. The van der Waals surface area contributed by atoms with E-state index in [-0.39, 0.29) is 5.56 Å². The molecule has 0 fully saturated rings. The molecule has 0 unspecified atom stereocenters. The highest BCUT2D eigenvalue weighted by atomic mass is 32.1. The van der Waals surface area contributed by atoms with Gasteiger partial charge in [-0.25, -0.2) is 9.59 Å². The first-order valence-electron chi connectivity index (χ1n) is 9.18. The summed E-state index contributed by atoms with van der Waals surface area (Å²) in [6.07, 6.45) is 3.65. The minimum atomic E-state index is -0.749. The van der Waals surface area contributed by atoms with Gasteiger partial charge in [-0.15, -0.1) is 11.3 Å². The molecule has 0 saturated carbocycles. The first-order valence-corrected chi connectivity index (χ1v) is 9.99. The maximum atomic E-state index is 12.9. The Bertz CT molecular complexity index is 1180. The third-order valence-corrected chi connectivity index (χ3v) is 6.18. The second-order valence-corrected chi connectivity index (χ2v) is 7.82. The highest BCUT2D eigenvalue weighted by molar-refractivity contribution is 7.17. The van der Waals surface area contributed by atoms with Crippen molar-refractivity contribution < 1.29 is 23.5 Å². The van der Waals surface area contributed by atoms with Crippen molar-refractivity contribution >= 4 is 39.2 Å². The van der Waals surface area contributed by atoms with Gasteiger partial charge >= 0.3 is 11.6 Å². The zero-order valence-corrected chi connectivity index (χ0v) is 16.8. The van der Waals surface area contributed by atoms with E-state index in [9.17, 15) is 14.4 Å². The van der Waals surface area contributed by atoms with Crippen LogP contribution in [0.3, 0.4) is 0 Å². The predicted molar refractivity (Wildman–Crippen MR) is 109 cm³/mol. The standard InChI is InChI=1S/C21H19NO6S/c1-26-12-7-8-15-11(9-12)10-14(20(24)28-15)18(23)22-19-17(21(25)27-2)13-5-3-4-6-16(13)29-19/h7-10H,3-6H2,1-2H3,(H,22,23). The van der Waals surface area contributed by atoms with Gasteiger partial charge in [-0.2, -0.15) is 0 Å². The Morgan fingerprint density at radius 1 is 1.14 bits per heavy atom. The number of amides is 1. The molecule has 150 valence electrons. The van der Waals surface area contributed by atoms with E-state index < -0.39 is 17.5 Å². The van der Waals surface area contributed by atoms with Crippen LogP contribution in [-0.2, 0) is 17.6 Å². The first-order chi connectivity index (χ1) is 14.0. The maximum Gasteiger partial charge on any atom is 0.349 e. The van der Waals surface area contributed by atoms with Crippen LogP contribution in [0.15, 0.2) is 33.5 Å². The van der Waals surface area contributed by atoms with Gasteiger partial charge in [0.15, 0.2) is 0 Å². The van der Waals surface area contributed by atoms with Crippen LogP contribution in [0, 0.1) is 0 Å². The van der Waals surface area contributed by atoms with Crippen molar-refractivity contribution in [1.82, 2.24) is 0 Å². The molecule has 7 nitrogen and oxygen atoms in total.